The molecule has 0 aliphatic rings. The molecular weight excluding hydrogens is 360 g/mol. The topological polar surface area (TPSA) is 98.9 Å². The van der Waals surface area contributed by atoms with Gasteiger partial charge >= 0.3 is 5.97 Å². The van der Waals surface area contributed by atoms with Crippen LogP contribution >= 0.6 is 0 Å². The number of carbonyl (C=O) groups is 3. The van der Waals surface area contributed by atoms with E-state index in [1.807, 2.05) is 26.0 Å². The van der Waals surface area contributed by atoms with Crippen molar-refractivity contribution in [1.29, 1.82) is 0 Å². The molecule has 2 amide bonds. The summed E-state index contributed by atoms with van der Waals surface area (Å²) in [4.78, 5) is 36.5. The number of ether oxygens (including phenoxy) is 2. The van der Waals surface area contributed by atoms with Gasteiger partial charge in [-0.25, -0.2) is 4.79 Å². The standard InChI is InChI=1S/C21H24N2O5/c1-14-4-5-17(15(2)10-14)11-23(3)20(25)13-28-21(26)16-6-8-18(9-7-16)27-12-19(22)24/h4-10H,11-13H2,1-3H3,(H2,22,24). The fraction of sp³-hybridized carbons (Fsp3) is 0.286. The van der Waals surface area contributed by atoms with E-state index in [9.17, 15) is 14.4 Å². The van der Waals surface area contributed by atoms with Crippen molar-refractivity contribution in [3.63, 3.8) is 0 Å². The molecule has 2 N–H and O–H groups in total. The first-order chi connectivity index (χ1) is 13.3. The smallest absolute Gasteiger partial charge is 0.338 e. The van der Waals surface area contributed by atoms with Gasteiger partial charge in [0.1, 0.15) is 5.75 Å². The molecule has 2 aromatic carbocycles. The zero-order valence-electron chi connectivity index (χ0n) is 16.2. The van der Waals surface area contributed by atoms with Crippen molar-refractivity contribution in [3.8, 4) is 5.75 Å². The van der Waals surface area contributed by atoms with Crippen LogP contribution in [0.3, 0.4) is 0 Å². The van der Waals surface area contributed by atoms with Crippen molar-refractivity contribution in [2.75, 3.05) is 20.3 Å². The van der Waals surface area contributed by atoms with Gasteiger partial charge in [0.05, 0.1) is 5.56 Å². The quantitative estimate of drug-likeness (QED) is 0.702. The van der Waals surface area contributed by atoms with Crippen LogP contribution in [0.5, 0.6) is 5.75 Å². The van der Waals surface area contributed by atoms with Gasteiger partial charge in [-0.3, -0.25) is 9.59 Å². The second-order valence-electron chi connectivity index (χ2n) is 6.54. The second-order valence-corrected chi connectivity index (χ2v) is 6.54. The zero-order valence-corrected chi connectivity index (χ0v) is 16.2. The highest BCUT2D eigenvalue weighted by molar-refractivity contribution is 5.91. The van der Waals surface area contributed by atoms with Crippen molar-refractivity contribution in [1.82, 2.24) is 4.90 Å². The average molecular weight is 384 g/mol. The van der Waals surface area contributed by atoms with Crippen LogP contribution in [0, 0.1) is 13.8 Å². The summed E-state index contributed by atoms with van der Waals surface area (Å²) in [7, 11) is 1.67. The minimum absolute atomic E-state index is 0.245. The van der Waals surface area contributed by atoms with Gasteiger partial charge in [0.2, 0.25) is 0 Å². The number of esters is 1. The van der Waals surface area contributed by atoms with Crippen LogP contribution in [0.4, 0.5) is 0 Å². The van der Waals surface area contributed by atoms with Crippen LogP contribution in [-0.2, 0) is 20.9 Å². The van der Waals surface area contributed by atoms with Gasteiger partial charge in [-0.15, -0.1) is 0 Å². The summed E-state index contributed by atoms with van der Waals surface area (Å²) in [5.74, 6) is -1.10. The lowest BCUT2D eigenvalue weighted by Gasteiger charge is -2.18. The highest BCUT2D eigenvalue weighted by Crippen LogP contribution is 2.14. The van der Waals surface area contributed by atoms with E-state index in [-0.39, 0.29) is 24.7 Å². The number of nitrogens with two attached hydrogens (primary N) is 1. The summed E-state index contributed by atoms with van der Waals surface area (Å²) in [6.45, 7) is 3.86. The zero-order chi connectivity index (χ0) is 20.7. The first kappa shape index (κ1) is 21.0. The number of benzene rings is 2. The van der Waals surface area contributed by atoms with Crippen LogP contribution in [-0.4, -0.2) is 42.9 Å². The molecule has 0 spiro atoms. The third kappa shape index (κ3) is 6.12. The van der Waals surface area contributed by atoms with Crippen LogP contribution in [0.15, 0.2) is 42.5 Å². The lowest BCUT2D eigenvalue weighted by atomic mass is 10.1. The maximum absolute atomic E-state index is 12.2. The molecule has 148 valence electrons. The average Bonchev–Trinajstić information content (AvgIpc) is 2.66. The van der Waals surface area contributed by atoms with Gasteiger partial charge in [0, 0.05) is 13.6 Å². The highest BCUT2D eigenvalue weighted by Gasteiger charge is 2.15. The van der Waals surface area contributed by atoms with Crippen molar-refractivity contribution < 1.29 is 23.9 Å². The fourth-order valence-electron chi connectivity index (χ4n) is 2.53. The molecule has 0 bridgehead atoms. The van der Waals surface area contributed by atoms with Gasteiger partial charge in [-0.1, -0.05) is 23.8 Å². The fourth-order valence-corrected chi connectivity index (χ4v) is 2.53. The van der Waals surface area contributed by atoms with Crippen molar-refractivity contribution in [3.05, 3.63) is 64.7 Å². The molecule has 0 saturated carbocycles. The molecule has 0 aromatic heterocycles. The molecule has 0 saturated heterocycles. The van der Waals surface area contributed by atoms with Crippen LogP contribution in [0.2, 0.25) is 0 Å². The van der Waals surface area contributed by atoms with E-state index in [2.05, 4.69) is 6.07 Å². The van der Waals surface area contributed by atoms with E-state index in [0.29, 0.717) is 12.3 Å². The van der Waals surface area contributed by atoms with E-state index >= 15 is 0 Å². The molecule has 2 rings (SSSR count). The Kier molecular flexibility index (Phi) is 7.14. The molecule has 0 unspecified atom stereocenters. The molecule has 0 heterocycles. The summed E-state index contributed by atoms with van der Waals surface area (Å²) in [6, 6.07) is 12.1. The third-order valence-corrected chi connectivity index (χ3v) is 4.13. The van der Waals surface area contributed by atoms with E-state index in [1.54, 1.807) is 7.05 Å². The summed E-state index contributed by atoms with van der Waals surface area (Å²) in [5, 5.41) is 0. The molecule has 0 aliphatic carbocycles. The van der Waals surface area contributed by atoms with Crippen LogP contribution in [0.25, 0.3) is 0 Å². The summed E-state index contributed by atoms with van der Waals surface area (Å²) in [5.41, 5.74) is 8.58. The Morgan fingerprint density at radius 2 is 1.68 bits per heavy atom. The van der Waals surface area contributed by atoms with Crippen molar-refractivity contribution in [2.24, 2.45) is 5.73 Å². The van der Waals surface area contributed by atoms with Gasteiger partial charge in [0.15, 0.2) is 13.2 Å². The first-order valence-electron chi connectivity index (χ1n) is 8.74. The van der Waals surface area contributed by atoms with Crippen molar-refractivity contribution >= 4 is 17.8 Å². The summed E-state index contributed by atoms with van der Waals surface area (Å²) in [6.07, 6.45) is 0. The number of primary amides is 1. The normalized spacial score (nSPS) is 10.2. The lowest BCUT2D eigenvalue weighted by molar-refractivity contribution is -0.133. The first-order valence-corrected chi connectivity index (χ1v) is 8.74. The molecule has 0 radical (unpaired) electrons. The predicted molar refractivity (Wildman–Crippen MR) is 104 cm³/mol. The monoisotopic (exact) mass is 384 g/mol. The lowest BCUT2D eigenvalue weighted by Crippen LogP contribution is -2.31. The number of amides is 2. The van der Waals surface area contributed by atoms with Gasteiger partial charge in [0.25, 0.3) is 11.8 Å². The van der Waals surface area contributed by atoms with Crippen molar-refractivity contribution in [2.45, 2.75) is 20.4 Å². The number of hydrogen-bond donors (Lipinski definition) is 1. The predicted octanol–water partition coefficient (Wildman–Crippen LogP) is 1.98. The number of rotatable bonds is 8. The van der Waals surface area contributed by atoms with E-state index in [1.165, 1.54) is 29.2 Å². The second kappa shape index (κ2) is 9.55. The van der Waals surface area contributed by atoms with E-state index in [0.717, 1.165) is 16.7 Å². The maximum atomic E-state index is 12.2. The minimum atomic E-state index is -0.616. The summed E-state index contributed by atoms with van der Waals surface area (Å²) >= 11 is 0. The Morgan fingerprint density at radius 1 is 1.00 bits per heavy atom. The molecule has 7 nitrogen and oxygen atoms in total. The molecular formula is C21H24N2O5. The number of hydrogen-bond acceptors (Lipinski definition) is 5. The molecule has 0 aliphatic heterocycles. The third-order valence-electron chi connectivity index (χ3n) is 4.13. The summed E-state index contributed by atoms with van der Waals surface area (Å²) < 4.78 is 10.2. The number of nitrogens with zero attached hydrogens (tertiary/aromatic N) is 1. The van der Waals surface area contributed by atoms with Gasteiger partial charge in [-0.05, 0) is 49.2 Å². The Bertz CT molecular complexity index is 862. The highest BCUT2D eigenvalue weighted by atomic mass is 16.5. The maximum Gasteiger partial charge on any atom is 0.338 e. The molecule has 28 heavy (non-hydrogen) atoms. The van der Waals surface area contributed by atoms with E-state index in [4.69, 9.17) is 15.2 Å². The molecule has 0 fully saturated rings. The van der Waals surface area contributed by atoms with Crippen LogP contribution < -0.4 is 10.5 Å². The molecule has 2 aromatic rings. The van der Waals surface area contributed by atoms with Crippen LogP contribution in [0.1, 0.15) is 27.0 Å². The Balaban J connectivity index is 1.85. The van der Waals surface area contributed by atoms with Gasteiger partial charge in [-0.2, -0.15) is 0 Å². The Labute approximate surface area is 164 Å². The van der Waals surface area contributed by atoms with E-state index < -0.39 is 11.9 Å². The molecule has 0 atom stereocenters. The SMILES string of the molecule is Cc1ccc(CN(C)C(=O)COC(=O)c2ccc(OCC(N)=O)cc2)c(C)c1. The number of aryl methyl sites for hydroxylation is 2. The number of carbonyl (C=O) groups excluding carboxylic acids is 3. The Morgan fingerprint density at radius 3 is 2.29 bits per heavy atom. The Hall–Kier alpha value is -3.35. The minimum Gasteiger partial charge on any atom is -0.484 e. The van der Waals surface area contributed by atoms with Gasteiger partial charge < -0.3 is 20.1 Å². The largest absolute Gasteiger partial charge is 0.484 e. The number of likely N-dealkylation sites (N-methyl/N-ethyl adjacent to an activating group) is 1. The molecule has 7 heteroatoms.